The number of benzene rings is 1. The molecule has 1 unspecified atom stereocenters. The lowest BCUT2D eigenvalue weighted by molar-refractivity contribution is 0.0963. The van der Waals surface area contributed by atoms with Gasteiger partial charge in [-0.1, -0.05) is 38.3 Å². The van der Waals surface area contributed by atoms with Crippen LogP contribution >= 0.6 is 11.6 Å². The number of unbranched alkanes of at least 4 members (excludes halogenated alkanes) is 1. The lowest BCUT2D eigenvalue weighted by Gasteiger charge is -2.19. The van der Waals surface area contributed by atoms with Crippen molar-refractivity contribution in [3.05, 3.63) is 28.8 Å². The molecule has 3 nitrogen and oxygen atoms in total. The van der Waals surface area contributed by atoms with Gasteiger partial charge in [0.25, 0.3) is 5.91 Å². The van der Waals surface area contributed by atoms with Crippen molar-refractivity contribution in [1.29, 1.82) is 0 Å². The van der Waals surface area contributed by atoms with Crippen molar-refractivity contribution in [3.8, 4) is 0 Å². The van der Waals surface area contributed by atoms with Gasteiger partial charge in [0.1, 0.15) is 0 Å². The number of anilines is 1. The molecule has 0 saturated carbocycles. The first-order valence-electron chi connectivity index (χ1n) is 6.90. The van der Waals surface area contributed by atoms with E-state index in [2.05, 4.69) is 24.5 Å². The Morgan fingerprint density at radius 2 is 2.11 bits per heavy atom. The van der Waals surface area contributed by atoms with Crippen LogP contribution in [0.15, 0.2) is 18.2 Å². The Hall–Kier alpha value is -1.22. The number of rotatable bonds is 7. The molecule has 1 aromatic carbocycles. The molecule has 1 aromatic rings. The fourth-order valence-electron chi connectivity index (χ4n) is 1.97. The van der Waals surface area contributed by atoms with Gasteiger partial charge in [0.2, 0.25) is 0 Å². The molecular weight excluding hydrogens is 260 g/mol. The van der Waals surface area contributed by atoms with Crippen LogP contribution in [0.5, 0.6) is 0 Å². The molecule has 0 aliphatic carbocycles. The highest BCUT2D eigenvalue weighted by Crippen LogP contribution is 2.25. The molecule has 2 N–H and O–H groups in total. The van der Waals surface area contributed by atoms with E-state index in [1.165, 1.54) is 12.8 Å². The van der Waals surface area contributed by atoms with Crippen LogP contribution in [-0.2, 0) is 0 Å². The molecular formula is C15H23ClN2O. The molecule has 0 saturated heterocycles. The van der Waals surface area contributed by atoms with Crippen LogP contribution in [0.1, 0.15) is 49.9 Å². The minimum absolute atomic E-state index is 0.0960. The Kier molecular flexibility index (Phi) is 6.71. The summed E-state index contributed by atoms with van der Waals surface area (Å²) >= 11 is 6.18. The summed E-state index contributed by atoms with van der Waals surface area (Å²) in [4.78, 5) is 11.6. The Morgan fingerprint density at radius 3 is 2.68 bits per heavy atom. The van der Waals surface area contributed by atoms with Gasteiger partial charge < -0.3 is 10.6 Å². The van der Waals surface area contributed by atoms with Crippen LogP contribution in [-0.4, -0.2) is 19.0 Å². The summed E-state index contributed by atoms with van der Waals surface area (Å²) in [5, 5.41) is 6.71. The largest absolute Gasteiger partial charge is 0.381 e. The van der Waals surface area contributed by atoms with E-state index in [1.807, 2.05) is 6.07 Å². The van der Waals surface area contributed by atoms with Crippen LogP contribution in [0.4, 0.5) is 5.69 Å². The quantitative estimate of drug-likeness (QED) is 0.791. The molecule has 0 aliphatic heterocycles. The van der Waals surface area contributed by atoms with E-state index in [4.69, 9.17) is 11.6 Å². The minimum Gasteiger partial charge on any atom is -0.381 e. The summed E-state index contributed by atoms with van der Waals surface area (Å²) in [6.07, 6.45) is 4.54. The highest BCUT2D eigenvalue weighted by atomic mass is 35.5. The zero-order valence-electron chi connectivity index (χ0n) is 11.9. The normalized spacial score (nSPS) is 12.0. The highest BCUT2D eigenvalue weighted by Gasteiger charge is 2.11. The van der Waals surface area contributed by atoms with Gasteiger partial charge in [-0.25, -0.2) is 0 Å². The predicted molar refractivity (Wildman–Crippen MR) is 82.1 cm³/mol. The Morgan fingerprint density at radius 1 is 1.37 bits per heavy atom. The van der Waals surface area contributed by atoms with Crippen molar-refractivity contribution in [2.45, 2.75) is 45.6 Å². The molecule has 0 radical (unpaired) electrons. The Bertz CT molecular complexity index is 421. The van der Waals surface area contributed by atoms with E-state index in [0.29, 0.717) is 16.6 Å². The number of nitrogens with one attached hydrogen (secondary N) is 2. The second-order valence-electron chi connectivity index (χ2n) is 4.67. The van der Waals surface area contributed by atoms with Gasteiger partial charge in [-0.2, -0.15) is 0 Å². The molecule has 0 fully saturated rings. The van der Waals surface area contributed by atoms with Crippen molar-refractivity contribution < 1.29 is 4.79 Å². The van der Waals surface area contributed by atoms with E-state index < -0.39 is 0 Å². The Balaban J connectivity index is 2.83. The average molecular weight is 283 g/mol. The van der Waals surface area contributed by atoms with Gasteiger partial charge in [-0.05, 0) is 31.0 Å². The lowest BCUT2D eigenvalue weighted by Crippen LogP contribution is -2.20. The van der Waals surface area contributed by atoms with Gasteiger partial charge in [0.05, 0.1) is 10.7 Å². The molecule has 106 valence electrons. The second-order valence-corrected chi connectivity index (χ2v) is 5.07. The number of halogens is 1. The van der Waals surface area contributed by atoms with Gasteiger partial charge >= 0.3 is 0 Å². The molecule has 19 heavy (non-hydrogen) atoms. The second kappa shape index (κ2) is 8.05. The van der Waals surface area contributed by atoms with Crippen LogP contribution in [0.3, 0.4) is 0 Å². The van der Waals surface area contributed by atoms with Crippen LogP contribution in [0.2, 0.25) is 5.02 Å². The van der Waals surface area contributed by atoms with Crippen LogP contribution < -0.4 is 10.6 Å². The zero-order valence-corrected chi connectivity index (χ0v) is 12.7. The number of carbonyl (C=O) groups is 1. The molecule has 1 amide bonds. The predicted octanol–water partition coefficient (Wildman–Crippen LogP) is 4.08. The molecule has 1 atom stereocenters. The maximum absolute atomic E-state index is 11.6. The topological polar surface area (TPSA) is 41.1 Å². The van der Waals surface area contributed by atoms with Gasteiger partial charge in [-0.15, -0.1) is 0 Å². The SMILES string of the molecule is CCCCC(CC)Nc1cc(C(=O)NC)ccc1Cl. The van der Waals surface area contributed by atoms with Crippen molar-refractivity contribution >= 4 is 23.2 Å². The summed E-state index contributed by atoms with van der Waals surface area (Å²) in [5.41, 5.74) is 1.46. The fourth-order valence-corrected chi connectivity index (χ4v) is 2.14. The maximum Gasteiger partial charge on any atom is 0.251 e. The highest BCUT2D eigenvalue weighted by molar-refractivity contribution is 6.33. The molecule has 0 aromatic heterocycles. The smallest absolute Gasteiger partial charge is 0.251 e. The third kappa shape index (κ3) is 4.75. The monoisotopic (exact) mass is 282 g/mol. The number of amides is 1. The first kappa shape index (κ1) is 15.8. The van der Waals surface area contributed by atoms with Crippen molar-refractivity contribution in [3.63, 3.8) is 0 Å². The lowest BCUT2D eigenvalue weighted by atomic mass is 10.1. The van der Waals surface area contributed by atoms with Gasteiger partial charge in [0.15, 0.2) is 0 Å². The summed E-state index contributed by atoms with van der Waals surface area (Å²) in [6.45, 7) is 4.34. The van der Waals surface area contributed by atoms with E-state index in [-0.39, 0.29) is 5.91 Å². The third-order valence-corrected chi connectivity index (χ3v) is 3.54. The van der Waals surface area contributed by atoms with Crippen LogP contribution in [0, 0.1) is 0 Å². The first-order chi connectivity index (χ1) is 9.12. The summed E-state index contributed by atoms with van der Waals surface area (Å²) in [7, 11) is 1.63. The van der Waals surface area contributed by atoms with Crippen LogP contribution in [0.25, 0.3) is 0 Å². The van der Waals surface area contributed by atoms with Crippen molar-refractivity contribution in [1.82, 2.24) is 5.32 Å². The fraction of sp³-hybridized carbons (Fsp3) is 0.533. The zero-order chi connectivity index (χ0) is 14.3. The van der Waals surface area contributed by atoms with E-state index in [9.17, 15) is 4.79 Å². The maximum atomic E-state index is 11.6. The third-order valence-electron chi connectivity index (χ3n) is 3.21. The van der Waals surface area contributed by atoms with E-state index in [1.54, 1.807) is 19.2 Å². The summed E-state index contributed by atoms with van der Waals surface area (Å²) in [6, 6.07) is 5.72. The molecule has 4 heteroatoms. The van der Waals surface area contributed by atoms with E-state index >= 15 is 0 Å². The van der Waals surface area contributed by atoms with E-state index in [0.717, 1.165) is 18.5 Å². The molecule has 1 rings (SSSR count). The molecule has 0 bridgehead atoms. The first-order valence-corrected chi connectivity index (χ1v) is 7.28. The molecule has 0 heterocycles. The van der Waals surface area contributed by atoms with Gasteiger partial charge in [0, 0.05) is 18.7 Å². The molecule has 0 aliphatic rings. The Labute approximate surface area is 120 Å². The number of carbonyl (C=O) groups excluding carboxylic acids is 1. The average Bonchev–Trinajstić information content (AvgIpc) is 2.44. The summed E-state index contributed by atoms with van der Waals surface area (Å²) in [5.74, 6) is -0.0960. The van der Waals surface area contributed by atoms with Crippen molar-refractivity contribution in [2.75, 3.05) is 12.4 Å². The standard InChI is InChI=1S/C15H23ClN2O/c1-4-6-7-12(5-2)18-14-10-11(15(19)17-3)8-9-13(14)16/h8-10,12,18H,4-7H2,1-3H3,(H,17,19). The summed E-state index contributed by atoms with van der Waals surface area (Å²) < 4.78 is 0. The minimum atomic E-state index is -0.0960. The number of hydrogen-bond acceptors (Lipinski definition) is 2. The molecule has 0 spiro atoms. The number of hydrogen-bond donors (Lipinski definition) is 2. The van der Waals surface area contributed by atoms with Gasteiger partial charge in [-0.3, -0.25) is 4.79 Å². The van der Waals surface area contributed by atoms with Crippen molar-refractivity contribution in [2.24, 2.45) is 0 Å².